The molecule has 0 spiro atoms. The average Bonchev–Trinajstić information content (AvgIpc) is 1.87. The van der Waals surface area contributed by atoms with Crippen molar-refractivity contribution in [3.8, 4) is 0 Å². The second kappa shape index (κ2) is 1.28. The van der Waals surface area contributed by atoms with Gasteiger partial charge in [-0.05, 0) is 0 Å². The molecule has 7 heavy (non-hydrogen) atoms. The second-order valence-electron chi connectivity index (χ2n) is 1.41. The third-order valence-electron chi connectivity index (χ3n) is 0.663. The third-order valence-corrected chi connectivity index (χ3v) is 0.663. The SMILES string of the molecule is CC1=[N+]=C(C)N=N1. The summed E-state index contributed by atoms with van der Waals surface area (Å²) in [5.41, 5.74) is 0. The summed E-state index contributed by atoms with van der Waals surface area (Å²) >= 11 is 0. The maximum absolute atomic E-state index is 3.89. The van der Waals surface area contributed by atoms with Crippen LogP contribution in [-0.4, -0.2) is 11.7 Å². The topological polar surface area (TPSA) is 38.8 Å². The van der Waals surface area contributed by atoms with Crippen molar-refractivity contribution in [1.82, 2.24) is 4.67 Å². The minimum Gasteiger partial charge on any atom is -0.227 e. The van der Waals surface area contributed by atoms with Crippen LogP contribution in [-0.2, 0) is 0 Å². The zero-order chi connectivity index (χ0) is 5.28. The van der Waals surface area contributed by atoms with Gasteiger partial charge >= 0.3 is 11.7 Å². The first-order valence-corrected chi connectivity index (χ1v) is 2.09. The molecule has 0 aliphatic carbocycles. The Morgan fingerprint density at radius 2 is 1.57 bits per heavy atom. The van der Waals surface area contributed by atoms with Crippen LogP contribution < -0.4 is 4.67 Å². The van der Waals surface area contributed by atoms with E-state index in [-0.39, 0.29) is 0 Å². The van der Waals surface area contributed by atoms with E-state index in [0.717, 1.165) is 11.7 Å². The lowest BCUT2D eigenvalue weighted by Gasteiger charge is -1.50. The van der Waals surface area contributed by atoms with Gasteiger partial charge in [0.2, 0.25) is 0 Å². The Morgan fingerprint density at radius 1 is 1.14 bits per heavy atom. The van der Waals surface area contributed by atoms with E-state index in [9.17, 15) is 0 Å². The quantitative estimate of drug-likeness (QED) is 0.390. The molecule has 0 N–H and O–H groups in total. The van der Waals surface area contributed by atoms with E-state index in [4.69, 9.17) is 0 Å². The molecule has 0 amide bonds. The molecule has 1 rings (SSSR count). The Hall–Kier alpha value is -0.950. The van der Waals surface area contributed by atoms with Crippen LogP contribution >= 0.6 is 0 Å². The molecule has 0 aromatic heterocycles. The molecule has 0 atom stereocenters. The molecular formula is C4H6N3+. The summed E-state index contributed by atoms with van der Waals surface area (Å²) < 4.78 is 3.89. The van der Waals surface area contributed by atoms with E-state index < -0.39 is 0 Å². The summed E-state index contributed by atoms with van der Waals surface area (Å²) in [6.07, 6.45) is 0. The fourth-order valence-corrected chi connectivity index (χ4v) is 0.424. The van der Waals surface area contributed by atoms with Gasteiger partial charge in [-0.2, -0.15) is 0 Å². The van der Waals surface area contributed by atoms with Crippen molar-refractivity contribution in [2.75, 3.05) is 0 Å². The van der Waals surface area contributed by atoms with Crippen LogP contribution in [0.2, 0.25) is 0 Å². The molecule has 0 bridgehead atoms. The van der Waals surface area contributed by atoms with Crippen LogP contribution in [0.4, 0.5) is 0 Å². The lowest BCUT2D eigenvalue weighted by atomic mass is 10.7. The Morgan fingerprint density at radius 3 is 1.71 bits per heavy atom. The van der Waals surface area contributed by atoms with E-state index in [0.29, 0.717) is 0 Å². The molecule has 3 heteroatoms. The summed E-state index contributed by atoms with van der Waals surface area (Å²) in [6.45, 7) is 3.64. The van der Waals surface area contributed by atoms with Gasteiger partial charge in [0.15, 0.2) is 0 Å². The highest BCUT2D eigenvalue weighted by atomic mass is 15.2. The summed E-state index contributed by atoms with van der Waals surface area (Å²) in [6, 6.07) is 0. The molecular weight excluding hydrogens is 90.1 g/mol. The Labute approximate surface area is 41.5 Å². The number of hydrogen-bond acceptors (Lipinski definition) is 2. The van der Waals surface area contributed by atoms with Crippen LogP contribution in [0.15, 0.2) is 10.2 Å². The van der Waals surface area contributed by atoms with Crippen molar-refractivity contribution < 1.29 is 0 Å². The first kappa shape index (κ1) is 4.22. The summed E-state index contributed by atoms with van der Waals surface area (Å²) in [5.74, 6) is 1.50. The molecule has 0 radical (unpaired) electrons. The zero-order valence-corrected chi connectivity index (χ0v) is 4.34. The van der Waals surface area contributed by atoms with Gasteiger partial charge in [0, 0.05) is 13.8 Å². The standard InChI is InChI=1S/C4H6N3/c1-3-5-4(2)7-6-3/h1-2H3/q+1. The van der Waals surface area contributed by atoms with Crippen molar-refractivity contribution in [2.24, 2.45) is 10.2 Å². The van der Waals surface area contributed by atoms with Crippen LogP contribution in [0.3, 0.4) is 0 Å². The highest BCUT2D eigenvalue weighted by Crippen LogP contribution is 1.83. The van der Waals surface area contributed by atoms with E-state index >= 15 is 0 Å². The first-order chi connectivity index (χ1) is 3.29. The van der Waals surface area contributed by atoms with E-state index in [1.807, 2.05) is 13.8 Å². The maximum Gasteiger partial charge on any atom is 0.362 e. The van der Waals surface area contributed by atoms with Crippen molar-refractivity contribution in [2.45, 2.75) is 13.8 Å². The van der Waals surface area contributed by atoms with Crippen LogP contribution in [0.1, 0.15) is 13.8 Å². The van der Waals surface area contributed by atoms with E-state index in [1.54, 1.807) is 0 Å². The van der Waals surface area contributed by atoms with Crippen molar-refractivity contribution in [3.05, 3.63) is 0 Å². The van der Waals surface area contributed by atoms with E-state index in [1.165, 1.54) is 0 Å². The summed E-state index contributed by atoms with van der Waals surface area (Å²) in [5, 5.41) is 7.31. The van der Waals surface area contributed by atoms with Gasteiger partial charge < -0.3 is 0 Å². The minimum absolute atomic E-state index is 0.748. The highest BCUT2D eigenvalue weighted by Gasteiger charge is 2.08. The fourth-order valence-electron chi connectivity index (χ4n) is 0.424. The molecule has 0 unspecified atom stereocenters. The summed E-state index contributed by atoms with van der Waals surface area (Å²) in [4.78, 5) is 0. The molecule has 1 aliphatic rings. The van der Waals surface area contributed by atoms with Crippen LogP contribution in [0, 0.1) is 0 Å². The number of hydrogen-bond donors (Lipinski definition) is 0. The van der Waals surface area contributed by atoms with Gasteiger partial charge in [-0.15, -0.1) is 0 Å². The number of azo groups is 1. The first-order valence-electron chi connectivity index (χ1n) is 2.09. The highest BCUT2D eigenvalue weighted by molar-refractivity contribution is 5.92. The molecule has 1 aliphatic heterocycles. The van der Waals surface area contributed by atoms with Gasteiger partial charge in [0.1, 0.15) is 0 Å². The van der Waals surface area contributed by atoms with Crippen LogP contribution in [0.25, 0.3) is 0 Å². The Bertz CT molecular complexity index is 155. The van der Waals surface area contributed by atoms with Crippen molar-refractivity contribution >= 4 is 11.7 Å². The monoisotopic (exact) mass is 96.1 g/mol. The molecule has 0 saturated carbocycles. The van der Waals surface area contributed by atoms with Crippen molar-refractivity contribution in [3.63, 3.8) is 0 Å². The predicted molar refractivity (Wildman–Crippen MR) is 28.4 cm³/mol. The zero-order valence-electron chi connectivity index (χ0n) is 4.34. The smallest absolute Gasteiger partial charge is 0.227 e. The van der Waals surface area contributed by atoms with Gasteiger partial charge in [-0.25, -0.2) is 4.67 Å². The maximum atomic E-state index is 3.89. The number of amidine groups is 2. The normalized spacial score (nSPS) is 16.9. The molecule has 0 aromatic carbocycles. The molecule has 1 heterocycles. The molecule has 0 fully saturated rings. The number of nitrogens with zero attached hydrogens (tertiary/aromatic N) is 3. The largest absolute Gasteiger partial charge is 0.362 e. The Kier molecular flexibility index (Phi) is 0.770. The Balaban J connectivity index is 3.03. The fraction of sp³-hybridized carbons (Fsp3) is 0.500. The number of rotatable bonds is 0. The minimum atomic E-state index is 0.748. The molecule has 0 aromatic rings. The lowest BCUT2D eigenvalue weighted by molar-refractivity contribution is 1.36. The lowest BCUT2D eigenvalue weighted by Crippen LogP contribution is -1.86. The molecule has 3 nitrogen and oxygen atoms in total. The predicted octanol–water partition coefficient (Wildman–Crippen LogP) is 0.356. The second-order valence-corrected chi connectivity index (χ2v) is 1.41. The van der Waals surface area contributed by atoms with Crippen LogP contribution in [0.5, 0.6) is 0 Å². The van der Waals surface area contributed by atoms with Crippen molar-refractivity contribution in [1.29, 1.82) is 0 Å². The molecule has 36 valence electrons. The van der Waals surface area contributed by atoms with Gasteiger partial charge in [0.25, 0.3) is 0 Å². The van der Waals surface area contributed by atoms with Gasteiger partial charge in [-0.1, -0.05) is 0 Å². The summed E-state index contributed by atoms with van der Waals surface area (Å²) in [7, 11) is 0. The van der Waals surface area contributed by atoms with Gasteiger partial charge in [0.05, 0.1) is 10.2 Å². The third kappa shape index (κ3) is 0.725. The molecule has 0 saturated heterocycles. The average molecular weight is 96.1 g/mol. The van der Waals surface area contributed by atoms with Gasteiger partial charge in [-0.3, -0.25) is 0 Å². The van der Waals surface area contributed by atoms with E-state index in [2.05, 4.69) is 14.9 Å².